The van der Waals surface area contributed by atoms with Gasteiger partial charge in [0.1, 0.15) is 12.1 Å². The molecule has 2 saturated carbocycles. The zero-order valence-electron chi connectivity index (χ0n) is 37.7. The monoisotopic (exact) mass is 878 g/mol. The minimum Gasteiger partial charge on any atom is -0.464 e. The molecule has 6 fully saturated rings. The molecule has 4 aromatic rings. The van der Waals surface area contributed by atoms with Gasteiger partial charge in [-0.1, -0.05) is 33.8 Å². The van der Waals surface area contributed by atoms with Gasteiger partial charge < -0.3 is 29.0 Å². The second kappa shape index (κ2) is 16.5. The van der Waals surface area contributed by atoms with Crippen LogP contribution < -0.4 is 15.6 Å². The summed E-state index contributed by atoms with van der Waals surface area (Å²) >= 11 is 1.50. The van der Waals surface area contributed by atoms with Gasteiger partial charge in [-0.2, -0.15) is 0 Å². The van der Waals surface area contributed by atoms with Crippen molar-refractivity contribution < 1.29 is 28.6 Å². The van der Waals surface area contributed by atoms with Crippen LogP contribution in [0.15, 0.2) is 35.8 Å². The van der Waals surface area contributed by atoms with Gasteiger partial charge in [0.2, 0.25) is 5.91 Å². The van der Waals surface area contributed by atoms with Crippen LogP contribution in [0, 0.1) is 29.1 Å². The van der Waals surface area contributed by atoms with Crippen molar-refractivity contribution in [2.45, 2.75) is 104 Å². The van der Waals surface area contributed by atoms with Crippen LogP contribution in [0.25, 0.3) is 33.4 Å². The van der Waals surface area contributed by atoms with E-state index < -0.39 is 17.5 Å². The first-order valence-electron chi connectivity index (χ1n) is 23.1. The van der Waals surface area contributed by atoms with Crippen LogP contribution in [0.4, 0.5) is 5.69 Å². The fourth-order valence-electron chi connectivity index (χ4n) is 11.0. The van der Waals surface area contributed by atoms with Crippen LogP contribution in [0.5, 0.6) is 0 Å². The highest BCUT2D eigenvalue weighted by molar-refractivity contribution is 7.10. The number of hydrogen-bond donors (Lipinski definition) is 2. The molecule has 15 heteroatoms. The molecule has 3 aromatic heterocycles. The van der Waals surface area contributed by atoms with Crippen LogP contribution >= 0.6 is 11.3 Å². The zero-order valence-corrected chi connectivity index (χ0v) is 38.5. The van der Waals surface area contributed by atoms with E-state index in [4.69, 9.17) is 24.2 Å². The minimum absolute atomic E-state index is 0.0469. The van der Waals surface area contributed by atoms with E-state index in [1.165, 1.54) is 11.3 Å². The Morgan fingerprint density at radius 2 is 1.92 bits per heavy atom. The maximum atomic E-state index is 14.5. The van der Waals surface area contributed by atoms with Gasteiger partial charge in [-0.25, -0.2) is 10.4 Å². The maximum Gasteiger partial charge on any atom is 0.325 e. The number of piperazine rings is 1. The Labute approximate surface area is 374 Å². The number of thiazole rings is 1. The van der Waals surface area contributed by atoms with Crippen molar-refractivity contribution >= 4 is 45.7 Å². The van der Waals surface area contributed by atoms with Crippen LogP contribution in [-0.2, 0) is 48.0 Å². The molecule has 336 valence electrons. The normalized spacial score (nSPS) is 30.0. The molecule has 7 atom stereocenters. The molecule has 7 aliphatic rings. The van der Waals surface area contributed by atoms with E-state index in [9.17, 15) is 14.4 Å². The summed E-state index contributed by atoms with van der Waals surface area (Å²) in [6.45, 7) is 18.9. The van der Waals surface area contributed by atoms with Gasteiger partial charge in [-0.05, 0) is 74.6 Å². The number of aryl methyl sites for hydroxylation is 1. The van der Waals surface area contributed by atoms with Crippen LogP contribution in [0.3, 0.4) is 0 Å². The number of nitrogens with zero attached hydrogens (tertiary/aromatic N) is 6. The number of esters is 1. The molecule has 2 amide bonds. The molecule has 0 spiro atoms. The molecule has 2 aliphatic carbocycles. The van der Waals surface area contributed by atoms with Crippen molar-refractivity contribution in [1.82, 2.24) is 35.2 Å². The summed E-state index contributed by atoms with van der Waals surface area (Å²) in [6, 6.07) is 7.69. The molecule has 1 aromatic carbocycles. The number of carbonyl (C=O) groups is 3. The Hall–Kier alpha value is -4.41. The van der Waals surface area contributed by atoms with Gasteiger partial charge in [0.05, 0.1) is 65.9 Å². The van der Waals surface area contributed by atoms with Gasteiger partial charge >= 0.3 is 5.97 Å². The van der Waals surface area contributed by atoms with Crippen LogP contribution in [-0.4, -0.2) is 120 Å². The molecule has 63 heavy (non-hydrogen) atoms. The topological polar surface area (TPSA) is 143 Å². The minimum atomic E-state index is -0.834. The summed E-state index contributed by atoms with van der Waals surface area (Å²) < 4.78 is 20.6. The quantitative estimate of drug-likeness (QED) is 0.224. The van der Waals surface area contributed by atoms with E-state index in [0.29, 0.717) is 25.3 Å². The predicted octanol–water partition coefficient (Wildman–Crippen LogP) is 5.62. The van der Waals surface area contributed by atoms with Crippen molar-refractivity contribution in [2.24, 2.45) is 29.1 Å². The number of carbonyl (C=O) groups excluding carboxylic acids is 3. The SMILES string of the molecule is CCn1c(-c2cc(N3CCN4CCOC[C@@H]4C3)cnc2[C@H](C)OC)c2c3cc(ccc31)-c1csc(n1)C[C@H](NC(=O)C1[C@@H](C)[C@H]1C)C(=O)N1N[C@H](C(=O)OCC(C)(C)C2)C2CC1C2. The van der Waals surface area contributed by atoms with Gasteiger partial charge in [0.25, 0.3) is 5.91 Å². The van der Waals surface area contributed by atoms with E-state index >= 15 is 0 Å². The molecule has 11 rings (SSSR count). The number of hydrazine groups is 1. The number of hydrogen-bond acceptors (Lipinski definition) is 12. The van der Waals surface area contributed by atoms with Crippen molar-refractivity contribution in [3.05, 3.63) is 52.1 Å². The lowest BCUT2D eigenvalue weighted by Crippen LogP contribution is -2.71. The Morgan fingerprint density at radius 3 is 2.68 bits per heavy atom. The smallest absolute Gasteiger partial charge is 0.325 e. The van der Waals surface area contributed by atoms with E-state index in [-0.39, 0.29) is 66.6 Å². The fraction of sp³-hybridized carbons (Fsp3) is 0.604. The molecule has 14 nitrogen and oxygen atoms in total. The highest BCUT2D eigenvalue weighted by Gasteiger charge is 2.53. The van der Waals surface area contributed by atoms with E-state index in [0.717, 1.165) is 101 Å². The third-order valence-electron chi connectivity index (χ3n) is 15.2. The Bertz CT molecular complexity index is 2420. The summed E-state index contributed by atoms with van der Waals surface area (Å²) in [5.41, 5.74) is 10.9. The number of ether oxygens (including phenoxy) is 3. The summed E-state index contributed by atoms with van der Waals surface area (Å²) in [5.74, 6) is -0.221. The van der Waals surface area contributed by atoms with Gasteiger partial charge in [0.15, 0.2) is 0 Å². The van der Waals surface area contributed by atoms with E-state index in [1.54, 1.807) is 12.1 Å². The molecule has 5 aliphatic heterocycles. The lowest BCUT2D eigenvalue weighted by atomic mass is 9.73. The van der Waals surface area contributed by atoms with E-state index in [1.807, 2.05) is 6.20 Å². The predicted molar refractivity (Wildman–Crippen MR) is 242 cm³/mol. The molecule has 4 saturated heterocycles. The summed E-state index contributed by atoms with van der Waals surface area (Å²) in [5, 5.41) is 8.67. The highest BCUT2D eigenvalue weighted by atomic mass is 32.1. The van der Waals surface area contributed by atoms with Gasteiger partial charge in [-0.3, -0.25) is 29.3 Å². The number of benzene rings is 1. The zero-order chi connectivity index (χ0) is 43.9. The van der Waals surface area contributed by atoms with Crippen molar-refractivity contribution in [1.29, 1.82) is 0 Å². The Balaban J connectivity index is 1.08. The molecular formula is C48H62N8O6S. The average Bonchev–Trinajstić information content (AvgIpc) is 3.54. The third-order valence-corrected chi connectivity index (χ3v) is 16.0. The lowest BCUT2D eigenvalue weighted by Gasteiger charge is -2.53. The third kappa shape index (κ3) is 7.74. The highest BCUT2D eigenvalue weighted by Crippen LogP contribution is 2.46. The number of cyclic esters (lactones) is 1. The Morgan fingerprint density at radius 1 is 1.11 bits per heavy atom. The molecular weight excluding hydrogens is 817 g/mol. The number of amides is 2. The number of nitrogens with one attached hydrogen (secondary N) is 2. The van der Waals surface area contributed by atoms with Crippen molar-refractivity contribution in [2.75, 3.05) is 58.0 Å². The second-order valence-electron chi connectivity index (χ2n) is 19.8. The first-order valence-corrected chi connectivity index (χ1v) is 24.0. The average molecular weight is 879 g/mol. The molecule has 1 unspecified atom stereocenters. The lowest BCUT2D eigenvalue weighted by molar-refractivity contribution is -0.171. The van der Waals surface area contributed by atoms with Crippen LogP contribution in [0.2, 0.25) is 0 Å². The largest absolute Gasteiger partial charge is 0.464 e. The maximum absolute atomic E-state index is 14.5. The number of morpholine rings is 1. The van der Waals surface area contributed by atoms with Gasteiger partial charge in [0, 0.05) is 91.0 Å². The molecule has 2 N–H and O–H groups in total. The summed E-state index contributed by atoms with van der Waals surface area (Å²) in [7, 11) is 1.73. The second-order valence-corrected chi connectivity index (χ2v) is 20.7. The van der Waals surface area contributed by atoms with Crippen LogP contribution in [0.1, 0.15) is 76.8 Å². The molecule has 8 heterocycles. The van der Waals surface area contributed by atoms with Crippen molar-refractivity contribution in [3.8, 4) is 22.5 Å². The number of anilines is 1. The fourth-order valence-corrected chi connectivity index (χ4v) is 11.8. The standard InChI is InChI=1S/C48H62N8O6S/c1-8-55-39-10-9-29-17-34(39)36(44(55)35-18-32(21-49-42(35)28(4)60-7)54-12-11-53-13-14-61-23-33(53)22-54)20-48(5,6)25-62-47(59)43-30-15-31(16-30)56(52-43)46(58)37(19-40-50-38(29)24-63-40)51-45(57)41-26(2)27(41)3/h9-10,17-18,21,24,26-28,30-31,33,37,41,43,52H,8,11-16,19-20,22-23,25H2,1-7H3,(H,51,57)/t26-,27+,28-,30?,31?,33-,37-,41?,43-/m0/s1. The molecule has 0 radical (unpaired) electrons. The number of methoxy groups -OCH3 is 1. The molecule has 8 bridgehead atoms. The van der Waals surface area contributed by atoms with Gasteiger partial charge in [-0.15, -0.1) is 11.3 Å². The number of aromatic nitrogens is 3. The number of rotatable bonds is 7. The number of pyridine rings is 1. The first kappa shape index (κ1) is 42.5. The summed E-state index contributed by atoms with van der Waals surface area (Å²) in [4.78, 5) is 57.5. The summed E-state index contributed by atoms with van der Waals surface area (Å²) in [6.07, 6.45) is 4.02. The van der Waals surface area contributed by atoms with E-state index in [2.05, 4.69) is 96.3 Å². The van der Waals surface area contributed by atoms with Crippen molar-refractivity contribution in [3.63, 3.8) is 0 Å². The first-order chi connectivity index (χ1) is 30.3. The number of fused-ring (bicyclic) bond motifs is 5. The Kier molecular flexibility index (Phi) is 11.2.